The fraction of sp³-hybridized carbons (Fsp3) is 0.214. The van der Waals surface area contributed by atoms with E-state index >= 15 is 0 Å². The van der Waals surface area contributed by atoms with Gasteiger partial charge in [-0.3, -0.25) is 4.79 Å². The second-order valence-electron chi connectivity index (χ2n) is 4.61. The third-order valence-electron chi connectivity index (χ3n) is 2.88. The zero-order chi connectivity index (χ0) is 14.7. The first-order valence-corrected chi connectivity index (χ1v) is 6.04. The summed E-state index contributed by atoms with van der Waals surface area (Å²) in [7, 11) is 3.66. The number of carboxylic acid groups (broad SMARTS) is 1. The highest BCUT2D eigenvalue weighted by molar-refractivity contribution is 5.87. The van der Waals surface area contributed by atoms with Gasteiger partial charge in [0.15, 0.2) is 0 Å². The summed E-state index contributed by atoms with van der Waals surface area (Å²) in [6.07, 6.45) is 1.60. The topological polar surface area (TPSA) is 75.4 Å². The van der Waals surface area contributed by atoms with E-state index in [2.05, 4.69) is 5.10 Å². The van der Waals surface area contributed by atoms with E-state index in [9.17, 15) is 9.59 Å². The number of carboxylic acids is 1. The number of aromatic carboxylic acids is 1. The van der Waals surface area contributed by atoms with Crippen molar-refractivity contribution < 1.29 is 9.90 Å². The van der Waals surface area contributed by atoms with Crippen LogP contribution in [-0.4, -0.2) is 35.0 Å². The highest BCUT2D eigenvalue weighted by atomic mass is 16.4. The molecule has 0 aliphatic carbocycles. The van der Waals surface area contributed by atoms with Gasteiger partial charge in [-0.2, -0.15) is 5.10 Å². The van der Waals surface area contributed by atoms with E-state index in [0.717, 1.165) is 11.3 Å². The maximum Gasteiger partial charge on any atom is 0.335 e. The molecule has 0 atom stereocenters. The van der Waals surface area contributed by atoms with Crippen LogP contribution in [0.25, 0.3) is 0 Å². The van der Waals surface area contributed by atoms with Crippen LogP contribution in [0, 0.1) is 0 Å². The van der Waals surface area contributed by atoms with Crippen molar-refractivity contribution in [2.75, 3.05) is 19.0 Å². The Morgan fingerprint density at radius 3 is 2.70 bits per heavy atom. The molecule has 0 fully saturated rings. The molecule has 1 heterocycles. The number of anilines is 1. The summed E-state index contributed by atoms with van der Waals surface area (Å²) in [6.45, 7) is 0.244. The summed E-state index contributed by atoms with van der Waals surface area (Å²) in [5.74, 6) is -0.991. The number of carbonyl (C=O) groups is 1. The Bertz CT molecular complexity index is 692. The third-order valence-corrected chi connectivity index (χ3v) is 2.88. The smallest absolute Gasteiger partial charge is 0.335 e. The minimum absolute atomic E-state index is 0.195. The standard InChI is InChI=1S/C14H15N3O3/c1-16(2)12-7-13(18)17(15-8-12)9-10-4-3-5-11(6-10)14(19)20/h3-8H,9H2,1-2H3,(H,19,20). The molecule has 0 aliphatic rings. The summed E-state index contributed by atoms with van der Waals surface area (Å²) < 4.78 is 1.30. The lowest BCUT2D eigenvalue weighted by Crippen LogP contribution is -2.24. The second-order valence-corrected chi connectivity index (χ2v) is 4.61. The van der Waals surface area contributed by atoms with E-state index in [1.165, 1.54) is 22.9 Å². The molecule has 0 saturated heterocycles. The molecule has 0 aliphatic heterocycles. The van der Waals surface area contributed by atoms with Gasteiger partial charge in [0.05, 0.1) is 24.0 Å². The van der Waals surface area contributed by atoms with Crippen LogP contribution in [0.5, 0.6) is 0 Å². The Morgan fingerprint density at radius 2 is 2.10 bits per heavy atom. The molecule has 0 saturated carbocycles. The van der Waals surface area contributed by atoms with Crippen molar-refractivity contribution in [2.24, 2.45) is 0 Å². The molecule has 2 rings (SSSR count). The number of aromatic nitrogens is 2. The zero-order valence-corrected chi connectivity index (χ0v) is 11.3. The molecule has 0 bridgehead atoms. The molecule has 0 unspecified atom stereocenters. The molecule has 6 heteroatoms. The number of hydrogen-bond donors (Lipinski definition) is 1. The number of benzene rings is 1. The van der Waals surface area contributed by atoms with Crippen molar-refractivity contribution in [2.45, 2.75) is 6.54 Å². The van der Waals surface area contributed by atoms with Crippen LogP contribution in [0.2, 0.25) is 0 Å². The van der Waals surface area contributed by atoms with Crippen LogP contribution in [0.4, 0.5) is 5.69 Å². The van der Waals surface area contributed by atoms with Gasteiger partial charge < -0.3 is 10.0 Å². The highest BCUT2D eigenvalue weighted by Gasteiger charge is 2.06. The van der Waals surface area contributed by atoms with Crippen molar-refractivity contribution in [1.82, 2.24) is 9.78 Å². The normalized spacial score (nSPS) is 10.3. The molecule has 6 nitrogen and oxygen atoms in total. The quantitative estimate of drug-likeness (QED) is 0.901. The predicted octanol–water partition coefficient (Wildman–Crippen LogP) is 1.06. The van der Waals surface area contributed by atoms with Gasteiger partial charge in [0.25, 0.3) is 5.56 Å². The van der Waals surface area contributed by atoms with Crippen molar-refractivity contribution in [1.29, 1.82) is 0 Å². The molecule has 20 heavy (non-hydrogen) atoms. The van der Waals surface area contributed by atoms with E-state index in [1.807, 2.05) is 14.1 Å². The fourth-order valence-electron chi connectivity index (χ4n) is 1.76. The van der Waals surface area contributed by atoms with Gasteiger partial charge >= 0.3 is 5.97 Å². The molecular weight excluding hydrogens is 258 g/mol. The largest absolute Gasteiger partial charge is 0.478 e. The SMILES string of the molecule is CN(C)c1cnn(Cc2cccc(C(=O)O)c2)c(=O)c1. The van der Waals surface area contributed by atoms with Crippen LogP contribution in [0.1, 0.15) is 15.9 Å². The minimum Gasteiger partial charge on any atom is -0.478 e. The van der Waals surface area contributed by atoms with Gasteiger partial charge in [0.1, 0.15) is 0 Å². The number of hydrogen-bond acceptors (Lipinski definition) is 4. The summed E-state index contributed by atoms with van der Waals surface area (Å²) in [4.78, 5) is 24.6. The Morgan fingerprint density at radius 1 is 1.35 bits per heavy atom. The summed E-state index contributed by atoms with van der Waals surface area (Å²) in [5.41, 5.74) is 1.42. The van der Waals surface area contributed by atoms with Crippen LogP contribution < -0.4 is 10.5 Å². The van der Waals surface area contributed by atoms with E-state index in [4.69, 9.17) is 5.11 Å². The van der Waals surface area contributed by atoms with Gasteiger partial charge in [-0.05, 0) is 17.7 Å². The molecule has 1 aromatic heterocycles. The van der Waals surface area contributed by atoms with Gasteiger partial charge in [-0.15, -0.1) is 0 Å². The highest BCUT2D eigenvalue weighted by Crippen LogP contribution is 2.07. The first-order valence-electron chi connectivity index (χ1n) is 6.04. The predicted molar refractivity (Wildman–Crippen MR) is 75.3 cm³/mol. The Hall–Kier alpha value is -2.63. The first-order chi connectivity index (χ1) is 9.47. The van der Waals surface area contributed by atoms with E-state index in [-0.39, 0.29) is 17.7 Å². The van der Waals surface area contributed by atoms with E-state index in [0.29, 0.717) is 0 Å². The Labute approximate surface area is 115 Å². The minimum atomic E-state index is -0.991. The average molecular weight is 273 g/mol. The molecule has 0 radical (unpaired) electrons. The maximum absolute atomic E-state index is 11.9. The van der Waals surface area contributed by atoms with Gasteiger partial charge in [-0.25, -0.2) is 9.48 Å². The van der Waals surface area contributed by atoms with Crippen molar-refractivity contribution >= 4 is 11.7 Å². The lowest BCUT2D eigenvalue weighted by Gasteiger charge is -2.12. The summed E-state index contributed by atoms with van der Waals surface area (Å²) >= 11 is 0. The number of nitrogens with zero attached hydrogens (tertiary/aromatic N) is 3. The maximum atomic E-state index is 11.9. The van der Waals surface area contributed by atoms with Crippen LogP contribution in [0.3, 0.4) is 0 Å². The lowest BCUT2D eigenvalue weighted by molar-refractivity contribution is 0.0696. The Balaban J connectivity index is 2.28. The first kappa shape index (κ1) is 13.8. The Kier molecular flexibility index (Phi) is 3.84. The van der Waals surface area contributed by atoms with Gasteiger partial charge in [0, 0.05) is 20.2 Å². The number of rotatable bonds is 4. The molecule has 2 aromatic rings. The van der Waals surface area contributed by atoms with E-state index < -0.39 is 5.97 Å². The van der Waals surface area contributed by atoms with Gasteiger partial charge in [-0.1, -0.05) is 12.1 Å². The van der Waals surface area contributed by atoms with Crippen LogP contribution >= 0.6 is 0 Å². The van der Waals surface area contributed by atoms with Crippen molar-refractivity contribution in [3.05, 3.63) is 58.0 Å². The fourth-order valence-corrected chi connectivity index (χ4v) is 1.76. The zero-order valence-electron chi connectivity index (χ0n) is 11.3. The summed E-state index contributed by atoms with van der Waals surface area (Å²) in [6, 6.07) is 7.96. The lowest BCUT2D eigenvalue weighted by atomic mass is 10.1. The van der Waals surface area contributed by atoms with Crippen molar-refractivity contribution in [3.63, 3.8) is 0 Å². The molecule has 1 N–H and O–H groups in total. The molecular formula is C14H15N3O3. The molecule has 1 aromatic carbocycles. The summed E-state index contributed by atoms with van der Waals surface area (Å²) in [5, 5.41) is 13.0. The average Bonchev–Trinajstić information content (AvgIpc) is 2.41. The molecule has 0 spiro atoms. The molecule has 104 valence electrons. The van der Waals surface area contributed by atoms with Gasteiger partial charge in [0.2, 0.25) is 0 Å². The second kappa shape index (κ2) is 5.56. The monoisotopic (exact) mass is 273 g/mol. The van der Waals surface area contributed by atoms with Crippen molar-refractivity contribution in [3.8, 4) is 0 Å². The van der Waals surface area contributed by atoms with Crippen LogP contribution in [-0.2, 0) is 6.54 Å². The molecule has 0 amide bonds. The van der Waals surface area contributed by atoms with E-state index in [1.54, 1.807) is 23.2 Å². The van der Waals surface area contributed by atoms with Crippen LogP contribution in [0.15, 0.2) is 41.3 Å². The third kappa shape index (κ3) is 3.03.